The second-order valence-electron chi connectivity index (χ2n) is 6.59. The van der Waals surface area contributed by atoms with Gasteiger partial charge in [-0.1, -0.05) is 55.3 Å². The van der Waals surface area contributed by atoms with Crippen LogP contribution in [0.5, 0.6) is 0 Å². The van der Waals surface area contributed by atoms with Gasteiger partial charge >= 0.3 is 5.97 Å². The fraction of sp³-hybridized carbons (Fsp3) is 0.450. The molecule has 0 spiro atoms. The van der Waals surface area contributed by atoms with Crippen molar-refractivity contribution in [1.82, 2.24) is 0 Å². The molecule has 1 aliphatic carbocycles. The van der Waals surface area contributed by atoms with Gasteiger partial charge in [0.1, 0.15) is 0 Å². The minimum atomic E-state index is -1.05. The normalized spacial score (nSPS) is 22.4. The molecule has 0 fully saturated rings. The summed E-state index contributed by atoms with van der Waals surface area (Å²) in [5, 5.41) is 8.70. The van der Waals surface area contributed by atoms with Crippen molar-refractivity contribution >= 4 is 5.97 Å². The lowest BCUT2D eigenvalue weighted by Gasteiger charge is -2.32. The van der Waals surface area contributed by atoms with E-state index in [0.717, 1.165) is 18.9 Å². The largest absolute Gasteiger partial charge is 0.478 e. The summed E-state index contributed by atoms with van der Waals surface area (Å²) in [7, 11) is 0. The molecule has 0 radical (unpaired) electrons. The fourth-order valence-electron chi connectivity index (χ4n) is 2.76. The molecule has 120 valence electrons. The molecule has 2 heteroatoms. The SMILES string of the molecule is [3H]C(=C(C)/C=C/C1=C(C)CCCC1(C)C)/C([3H])=C/C(C)=C\C(=O)O. The summed E-state index contributed by atoms with van der Waals surface area (Å²) in [5.74, 6) is -1.05. The van der Waals surface area contributed by atoms with Crippen LogP contribution in [0, 0.1) is 5.41 Å². The Morgan fingerprint density at radius 1 is 1.27 bits per heavy atom. The van der Waals surface area contributed by atoms with Gasteiger partial charge < -0.3 is 5.11 Å². The molecule has 1 N–H and O–H groups in total. The highest BCUT2D eigenvalue weighted by Gasteiger charge is 2.26. The third kappa shape index (κ3) is 5.88. The van der Waals surface area contributed by atoms with Gasteiger partial charge in [0.2, 0.25) is 0 Å². The van der Waals surface area contributed by atoms with Crippen molar-refractivity contribution < 1.29 is 12.6 Å². The molecule has 22 heavy (non-hydrogen) atoms. The van der Waals surface area contributed by atoms with Gasteiger partial charge in [0.05, 0.1) is 2.74 Å². The third-order valence-electron chi connectivity index (χ3n) is 3.96. The molecule has 0 amide bonds. The zero-order valence-corrected chi connectivity index (χ0v) is 14.3. The highest BCUT2D eigenvalue weighted by atomic mass is 16.4. The Kier molecular flexibility index (Phi) is 5.47. The first-order valence-corrected chi connectivity index (χ1v) is 7.70. The monoisotopic (exact) mass is 304 g/mol. The number of carboxylic acids is 1. The standard InChI is InChI=1S/C20H28O2/c1-15(8-6-9-16(2)14-19(21)22)11-12-18-17(3)10-7-13-20(18,4)5/h6,8-9,11-12,14H,7,10,13H2,1-5H3,(H,21,22)/b9-6+,12-11+,15-8-,16-14-/i6T,8T. The molecule has 2 nitrogen and oxygen atoms in total. The molecule has 0 atom stereocenters. The highest BCUT2D eigenvalue weighted by Crippen LogP contribution is 2.40. The van der Waals surface area contributed by atoms with Crippen molar-refractivity contribution in [3.05, 3.63) is 58.7 Å². The number of aliphatic carboxylic acids is 1. The summed E-state index contributed by atoms with van der Waals surface area (Å²) >= 11 is 0. The Balaban J connectivity index is 3.07. The number of hydrogen-bond acceptors (Lipinski definition) is 1. The van der Waals surface area contributed by atoms with E-state index < -0.39 is 5.97 Å². The van der Waals surface area contributed by atoms with Crippen LogP contribution in [0.2, 0.25) is 0 Å². The van der Waals surface area contributed by atoms with Crippen molar-refractivity contribution in [2.75, 3.05) is 0 Å². The van der Waals surface area contributed by atoms with Crippen LogP contribution in [-0.2, 0) is 4.79 Å². The Bertz CT molecular complexity index is 659. The number of carboxylic acid groups (broad SMARTS) is 1. The molecule has 1 aliphatic rings. The lowest BCUT2D eigenvalue weighted by molar-refractivity contribution is -0.131. The summed E-state index contributed by atoms with van der Waals surface area (Å²) in [6, 6.07) is 0.122. The molecule has 0 bridgehead atoms. The van der Waals surface area contributed by atoms with Crippen LogP contribution in [0.3, 0.4) is 0 Å². The van der Waals surface area contributed by atoms with Crippen LogP contribution < -0.4 is 0 Å². The topological polar surface area (TPSA) is 37.3 Å². The average molecular weight is 304 g/mol. The number of allylic oxidation sites excluding steroid dienone is 9. The van der Waals surface area contributed by atoms with E-state index in [2.05, 4.69) is 26.8 Å². The van der Waals surface area contributed by atoms with E-state index in [9.17, 15) is 4.79 Å². The fourth-order valence-corrected chi connectivity index (χ4v) is 2.76. The van der Waals surface area contributed by atoms with Gasteiger partial charge in [-0.2, -0.15) is 0 Å². The molecule has 0 aliphatic heterocycles. The van der Waals surface area contributed by atoms with Crippen molar-refractivity contribution in [2.24, 2.45) is 5.41 Å². The Hall–Kier alpha value is -1.83. The Morgan fingerprint density at radius 2 is 1.95 bits per heavy atom. The van der Waals surface area contributed by atoms with Crippen LogP contribution in [0.1, 0.15) is 56.6 Å². The maximum atomic E-state index is 10.6. The number of carbonyl (C=O) groups is 1. The van der Waals surface area contributed by atoms with Gasteiger partial charge in [0.15, 0.2) is 0 Å². The number of hydrogen-bond donors (Lipinski definition) is 1. The second-order valence-corrected chi connectivity index (χ2v) is 6.59. The highest BCUT2D eigenvalue weighted by molar-refractivity contribution is 5.81. The van der Waals surface area contributed by atoms with Crippen molar-refractivity contribution in [3.8, 4) is 0 Å². The van der Waals surface area contributed by atoms with Crippen LogP contribution in [0.4, 0.5) is 0 Å². The summed E-state index contributed by atoms with van der Waals surface area (Å²) in [6.07, 6.45) is 9.89. The van der Waals surface area contributed by atoms with Gasteiger partial charge in [-0.15, -0.1) is 0 Å². The van der Waals surface area contributed by atoms with E-state index in [1.54, 1.807) is 6.92 Å². The molecule has 0 saturated carbocycles. The van der Waals surface area contributed by atoms with Gasteiger partial charge in [-0.3, -0.25) is 0 Å². The molecular weight excluding hydrogens is 272 g/mol. The van der Waals surface area contributed by atoms with Gasteiger partial charge in [0, 0.05) is 6.08 Å². The molecule has 0 aromatic carbocycles. The quantitative estimate of drug-likeness (QED) is 0.530. The third-order valence-corrected chi connectivity index (χ3v) is 3.96. The van der Waals surface area contributed by atoms with Crippen LogP contribution >= 0.6 is 0 Å². The van der Waals surface area contributed by atoms with E-state index in [1.165, 1.54) is 23.6 Å². The van der Waals surface area contributed by atoms with E-state index in [1.807, 2.05) is 13.0 Å². The van der Waals surface area contributed by atoms with Crippen LogP contribution in [0.25, 0.3) is 0 Å². The molecule has 0 saturated heterocycles. The minimum absolute atomic E-state index is 0.0146. The summed E-state index contributed by atoms with van der Waals surface area (Å²) in [6.45, 7) is 10.1. The van der Waals surface area contributed by atoms with Crippen molar-refractivity contribution in [2.45, 2.75) is 53.9 Å². The maximum absolute atomic E-state index is 10.6. The minimum Gasteiger partial charge on any atom is -0.478 e. The smallest absolute Gasteiger partial charge is 0.328 e. The van der Waals surface area contributed by atoms with Crippen LogP contribution in [-0.4, -0.2) is 11.1 Å². The molecular formula is C20H28O2. The predicted octanol–water partition coefficient (Wildman–Crippen LogP) is 5.60. The average Bonchev–Trinajstić information content (AvgIpc) is 2.43. The first kappa shape index (κ1) is 15.1. The van der Waals surface area contributed by atoms with Gasteiger partial charge in [-0.05, 0) is 56.6 Å². The van der Waals surface area contributed by atoms with E-state index in [-0.39, 0.29) is 17.5 Å². The van der Waals surface area contributed by atoms with Crippen molar-refractivity contribution in [3.63, 3.8) is 0 Å². The molecule has 0 aromatic rings. The Morgan fingerprint density at radius 3 is 2.55 bits per heavy atom. The first-order valence-electron chi connectivity index (χ1n) is 8.70. The zero-order valence-electron chi connectivity index (χ0n) is 16.3. The second kappa shape index (κ2) is 7.98. The predicted molar refractivity (Wildman–Crippen MR) is 93.8 cm³/mol. The lowest BCUT2D eigenvalue weighted by Crippen LogP contribution is -2.19. The molecule has 0 unspecified atom stereocenters. The molecule has 1 rings (SSSR count). The van der Waals surface area contributed by atoms with Crippen LogP contribution in [0.15, 0.2) is 58.7 Å². The Labute approximate surface area is 137 Å². The van der Waals surface area contributed by atoms with E-state index in [0.29, 0.717) is 11.1 Å². The van der Waals surface area contributed by atoms with E-state index in [4.69, 9.17) is 7.85 Å². The van der Waals surface area contributed by atoms with Crippen molar-refractivity contribution in [1.29, 1.82) is 0 Å². The lowest BCUT2D eigenvalue weighted by atomic mass is 9.72. The summed E-state index contributed by atoms with van der Waals surface area (Å²) < 4.78 is 16.1. The summed E-state index contributed by atoms with van der Waals surface area (Å²) in [4.78, 5) is 10.6. The van der Waals surface area contributed by atoms with Gasteiger partial charge in [-0.25, -0.2) is 4.79 Å². The maximum Gasteiger partial charge on any atom is 0.328 e. The number of rotatable bonds is 5. The molecule has 0 heterocycles. The van der Waals surface area contributed by atoms with E-state index >= 15 is 0 Å². The zero-order chi connectivity index (χ0) is 18.5. The first-order chi connectivity index (χ1) is 11.0. The summed E-state index contributed by atoms with van der Waals surface area (Å²) in [5.41, 5.74) is 3.99. The molecule has 0 aromatic heterocycles. The van der Waals surface area contributed by atoms with Gasteiger partial charge in [0.25, 0.3) is 0 Å².